The molecule has 2 aromatic heterocycles. The van der Waals surface area contributed by atoms with Crippen molar-refractivity contribution in [1.29, 1.82) is 0 Å². The maximum Gasteiger partial charge on any atom is 0.159 e. The molecule has 0 saturated carbocycles. The Morgan fingerprint density at radius 3 is 2.85 bits per heavy atom. The Kier molecular flexibility index (Phi) is 2.42. The zero-order valence-electron chi connectivity index (χ0n) is 11.2. The molecule has 0 amide bonds. The lowest BCUT2D eigenvalue weighted by atomic mass is 10.1. The predicted molar refractivity (Wildman–Crippen MR) is 77.1 cm³/mol. The number of aryl methyl sites for hydroxylation is 3. The van der Waals surface area contributed by atoms with Crippen LogP contribution >= 0.6 is 0 Å². The molecule has 20 heavy (non-hydrogen) atoms. The molecule has 0 bridgehead atoms. The number of hydrogen-bond donors (Lipinski definition) is 0. The van der Waals surface area contributed by atoms with Gasteiger partial charge in [-0.05, 0) is 19.4 Å². The highest BCUT2D eigenvalue weighted by Gasteiger charge is 2.20. The second kappa shape index (κ2) is 4.27. The number of nitrogens with zero attached hydrogens (tertiary/aromatic N) is 4. The molecule has 3 aromatic rings. The monoisotopic (exact) mass is 262 g/mol. The molecule has 1 aliphatic heterocycles. The Bertz CT molecular complexity index is 774. The summed E-state index contributed by atoms with van der Waals surface area (Å²) >= 11 is 0. The normalized spacial score (nSPS) is 12.8. The molecule has 0 aliphatic carbocycles. The molecule has 1 aliphatic rings. The molecule has 1 aromatic carbocycles. The molecule has 0 spiro atoms. The molecule has 0 unspecified atom stereocenters. The van der Waals surface area contributed by atoms with Gasteiger partial charge in [0.15, 0.2) is 5.82 Å². The lowest BCUT2D eigenvalue weighted by Crippen LogP contribution is -2.14. The first-order chi connectivity index (χ1) is 9.81. The smallest absolute Gasteiger partial charge is 0.159 e. The van der Waals surface area contributed by atoms with Crippen molar-refractivity contribution in [3.63, 3.8) is 0 Å². The van der Waals surface area contributed by atoms with Gasteiger partial charge in [0.25, 0.3) is 0 Å². The SMILES string of the molecule is Cc1cc2n(n1)CCc1cnc(-c3ccccc3)nc1-2. The summed E-state index contributed by atoms with van der Waals surface area (Å²) in [7, 11) is 0. The Balaban J connectivity index is 1.89. The average molecular weight is 262 g/mol. The summed E-state index contributed by atoms with van der Waals surface area (Å²) in [4.78, 5) is 9.27. The summed E-state index contributed by atoms with van der Waals surface area (Å²) in [6.45, 7) is 2.93. The summed E-state index contributed by atoms with van der Waals surface area (Å²) in [5.41, 5.74) is 5.41. The Labute approximate surface area is 117 Å². The van der Waals surface area contributed by atoms with E-state index < -0.39 is 0 Å². The van der Waals surface area contributed by atoms with E-state index in [1.165, 1.54) is 5.56 Å². The van der Waals surface area contributed by atoms with E-state index in [1.54, 1.807) is 0 Å². The van der Waals surface area contributed by atoms with Crippen LogP contribution in [0, 0.1) is 6.92 Å². The van der Waals surface area contributed by atoms with Crippen LogP contribution in [0.15, 0.2) is 42.6 Å². The molecular formula is C16H14N4. The number of fused-ring (bicyclic) bond motifs is 3. The van der Waals surface area contributed by atoms with Crippen molar-refractivity contribution in [2.75, 3.05) is 0 Å². The highest BCUT2D eigenvalue weighted by atomic mass is 15.3. The fraction of sp³-hybridized carbons (Fsp3) is 0.188. The third kappa shape index (κ3) is 1.72. The Morgan fingerprint density at radius 1 is 1.15 bits per heavy atom. The van der Waals surface area contributed by atoms with E-state index in [4.69, 9.17) is 4.98 Å². The maximum absolute atomic E-state index is 4.77. The second-order valence-electron chi connectivity index (χ2n) is 5.08. The standard InChI is InChI=1S/C16H14N4/c1-11-9-14-15-13(7-8-20(14)19-11)10-17-16(18-15)12-5-3-2-4-6-12/h2-6,9-10H,7-8H2,1H3. The Hall–Kier alpha value is -2.49. The van der Waals surface area contributed by atoms with Crippen LogP contribution in [-0.4, -0.2) is 19.7 Å². The molecule has 4 heteroatoms. The third-order valence-electron chi connectivity index (χ3n) is 3.63. The summed E-state index contributed by atoms with van der Waals surface area (Å²) < 4.78 is 2.04. The van der Waals surface area contributed by atoms with Gasteiger partial charge in [0.05, 0.1) is 17.1 Å². The van der Waals surface area contributed by atoms with E-state index in [0.717, 1.165) is 41.4 Å². The first-order valence-corrected chi connectivity index (χ1v) is 6.77. The molecule has 98 valence electrons. The number of aromatic nitrogens is 4. The third-order valence-corrected chi connectivity index (χ3v) is 3.63. The van der Waals surface area contributed by atoms with Crippen molar-refractivity contribution >= 4 is 0 Å². The van der Waals surface area contributed by atoms with Gasteiger partial charge >= 0.3 is 0 Å². The molecule has 0 saturated heterocycles. The van der Waals surface area contributed by atoms with E-state index in [0.29, 0.717) is 0 Å². The predicted octanol–water partition coefficient (Wildman–Crippen LogP) is 2.87. The quantitative estimate of drug-likeness (QED) is 0.677. The number of benzene rings is 1. The van der Waals surface area contributed by atoms with Gasteiger partial charge in [-0.25, -0.2) is 9.97 Å². The summed E-state index contributed by atoms with van der Waals surface area (Å²) in [5, 5.41) is 4.51. The van der Waals surface area contributed by atoms with Crippen molar-refractivity contribution in [1.82, 2.24) is 19.7 Å². The van der Waals surface area contributed by atoms with Crippen LogP contribution in [0.1, 0.15) is 11.3 Å². The minimum atomic E-state index is 0.775. The highest BCUT2D eigenvalue weighted by Crippen LogP contribution is 2.29. The van der Waals surface area contributed by atoms with Crippen molar-refractivity contribution in [3.8, 4) is 22.8 Å². The maximum atomic E-state index is 4.77. The van der Waals surface area contributed by atoms with Gasteiger partial charge in [0, 0.05) is 23.9 Å². The molecule has 0 radical (unpaired) electrons. The fourth-order valence-electron chi connectivity index (χ4n) is 2.67. The molecular weight excluding hydrogens is 248 g/mol. The van der Waals surface area contributed by atoms with E-state index in [9.17, 15) is 0 Å². The van der Waals surface area contributed by atoms with E-state index >= 15 is 0 Å². The van der Waals surface area contributed by atoms with Gasteiger partial charge in [-0.1, -0.05) is 30.3 Å². The van der Waals surface area contributed by atoms with Crippen LogP contribution < -0.4 is 0 Å². The van der Waals surface area contributed by atoms with Crippen LogP contribution in [0.3, 0.4) is 0 Å². The minimum absolute atomic E-state index is 0.775. The van der Waals surface area contributed by atoms with Gasteiger partial charge in [-0.2, -0.15) is 5.10 Å². The zero-order chi connectivity index (χ0) is 13.5. The minimum Gasteiger partial charge on any atom is -0.263 e. The first-order valence-electron chi connectivity index (χ1n) is 6.77. The average Bonchev–Trinajstić information content (AvgIpc) is 2.88. The van der Waals surface area contributed by atoms with Gasteiger partial charge in [0.1, 0.15) is 0 Å². The van der Waals surface area contributed by atoms with E-state index in [2.05, 4.69) is 16.1 Å². The lowest BCUT2D eigenvalue weighted by molar-refractivity contribution is 0.598. The van der Waals surface area contributed by atoms with Crippen molar-refractivity contribution < 1.29 is 0 Å². The zero-order valence-corrected chi connectivity index (χ0v) is 11.2. The molecule has 4 nitrogen and oxygen atoms in total. The molecule has 0 fully saturated rings. The molecule has 0 N–H and O–H groups in total. The summed E-state index contributed by atoms with van der Waals surface area (Å²) in [6.07, 6.45) is 2.90. The topological polar surface area (TPSA) is 43.6 Å². The summed E-state index contributed by atoms with van der Waals surface area (Å²) in [5.74, 6) is 0.775. The van der Waals surface area contributed by atoms with Gasteiger partial charge in [0.2, 0.25) is 0 Å². The Morgan fingerprint density at radius 2 is 2.00 bits per heavy atom. The van der Waals surface area contributed by atoms with Crippen LogP contribution in [-0.2, 0) is 13.0 Å². The molecule has 0 atom stereocenters. The van der Waals surface area contributed by atoms with Crippen LogP contribution in [0.2, 0.25) is 0 Å². The summed E-state index contributed by atoms with van der Waals surface area (Å²) in [6, 6.07) is 12.2. The lowest BCUT2D eigenvalue weighted by Gasteiger charge is -2.17. The van der Waals surface area contributed by atoms with Gasteiger partial charge < -0.3 is 0 Å². The fourth-order valence-corrected chi connectivity index (χ4v) is 2.67. The number of hydrogen-bond acceptors (Lipinski definition) is 3. The number of rotatable bonds is 1. The van der Waals surface area contributed by atoms with Gasteiger partial charge in [-0.15, -0.1) is 0 Å². The van der Waals surface area contributed by atoms with Crippen molar-refractivity contribution in [2.45, 2.75) is 19.9 Å². The van der Waals surface area contributed by atoms with Crippen molar-refractivity contribution in [3.05, 3.63) is 53.9 Å². The van der Waals surface area contributed by atoms with Crippen LogP contribution in [0.4, 0.5) is 0 Å². The largest absolute Gasteiger partial charge is 0.263 e. The molecule has 3 heterocycles. The molecule has 4 rings (SSSR count). The van der Waals surface area contributed by atoms with Crippen LogP contribution in [0.25, 0.3) is 22.8 Å². The van der Waals surface area contributed by atoms with Gasteiger partial charge in [-0.3, -0.25) is 4.68 Å². The van der Waals surface area contributed by atoms with Crippen LogP contribution in [0.5, 0.6) is 0 Å². The van der Waals surface area contributed by atoms with E-state index in [-0.39, 0.29) is 0 Å². The second-order valence-corrected chi connectivity index (χ2v) is 5.08. The first kappa shape index (κ1) is 11.3. The van der Waals surface area contributed by atoms with Crippen molar-refractivity contribution in [2.24, 2.45) is 0 Å². The van der Waals surface area contributed by atoms with E-state index in [1.807, 2.05) is 48.1 Å². The highest BCUT2D eigenvalue weighted by molar-refractivity contribution is 5.65.